The van der Waals surface area contributed by atoms with Crippen LogP contribution in [-0.2, 0) is 22.4 Å². The lowest BCUT2D eigenvalue weighted by atomic mass is 9.97. The molecule has 2 aromatic carbocycles. The Morgan fingerprint density at radius 1 is 1.00 bits per heavy atom. The van der Waals surface area contributed by atoms with Crippen molar-refractivity contribution in [1.82, 2.24) is 10.2 Å². The highest BCUT2D eigenvalue weighted by atomic mass is 16.5. The van der Waals surface area contributed by atoms with E-state index >= 15 is 0 Å². The minimum Gasteiger partial charge on any atom is -0.490 e. The van der Waals surface area contributed by atoms with E-state index in [0.717, 1.165) is 16.9 Å². The largest absolute Gasteiger partial charge is 0.490 e. The van der Waals surface area contributed by atoms with Crippen molar-refractivity contribution in [2.45, 2.75) is 38.8 Å². The fraction of sp³-hybridized carbons (Fsp3) is 0.333. The summed E-state index contributed by atoms with van der Waals surface area (Å²) < 4.78 is 5.67. The number of allylic oxidation sites excluding steroid dienone is 1. The lowest BCUT2D eigenvalue weighted by Gasteiger charge is -2.36. The number of nitrogens with zero attached hydrogens (tertiary/aromatic N) is 1. The molecule has 152 valence electrons. The van der Waals surface area contributed by atoms with Crippen LogP contribution < -0.4 is 10.1 Å². The number of amides is 2. The van der Waals surface area contributed by atoms with Gasteiger partial charge in [0.25, 0.3) is 0 Å². The molecule has 5 nitrogen and oxygen atoms in total. The Morgan fingerprint density at radius 3 is 2.31 bits per heavy atom. The third-order valence-electron chi connectivity index (χ3n) is 5.11. The van der Waals surface area contributed by atoms with Gasteiger partial charge in [0.15, 0.2) is 0 Å². The first-order chi connectivity index (χ1) is 13.9. The first-order valence-electron chi connectivity index (χ1n) is 9.90. The third kappa shape index (κ3) is 5.47. The van der Waals surface area contributed by atoms with Crippen LogP contribution in [0.5, 0.6) is 5.75 Å². The summed E-state index contributed by atoms with van der Waals surface area (Å²) in [5.41, 5.74) is 3.23. The Hall–Kier alpha value is -3.08. The first kappa shape index (κ1) is 20.6. The number of carbonyl (C=O) groups excluding carboxylic acids is 2. The molecule has 0 spiro atoms. The Balaban J connectivity index is 1.60. The highest BCUT2D eigenvalue weighted by Gasteiger charge is 2.38. The smallest absolute Gasteiger partial charge is 0.245 e. The predicted octanol–water partition coefficient (Wildman–Crippen LogP) is 3.14. The van der Waals surface area contributed by atoms with Gasteiger partial charge in [0.2, 0.25) is 11.8 Å². The molecule has 1 heterocycles. The molecule has 5 heteroatoms. The number of hydrogen-bond donors (Lipinski definition) is 1. The van der Waals surface area contributed by atoms with Crippen LogP contribution in [0.25, 0.3) is 0 Å². The zero-order valence-corrected chi connectivity index (χ0v) is 17.2. The molecular formula is C24H28N2O3. The van der Waals surface area contributed by atoms with Gasteiger partial charge in [-0.05, 0) is 43.2 Å². The number of likely N-dealkylation sites (N-methyl/N-ethyl adjacent to an activating group) is 1. The zero-order chi connectivity index (χ0) is 20.8. The molecule has 0 saturated carbocycles. The number of rotatable bonds is 7. The molecule has 2 amide bonds. The Morgan fingerprint density at radius 2 is 1.66 bits per heavy atom. The van der Waals surface area contributed by atoms with Crippen molar-refractivity contribution in [3.8, 4) is 5.75 Å². The first-order valence-corrected chi connectivity index (χ1v) is 9.90. The predicted molar refractivity (Wildman–Crippen MR) is 114 cm³/mol. The number of carbonyl (C=O) groups is 2. The van der Waals surface area contributed by atoms with E-state index in [1.54, 1.807) is 11.9 Å². The molecule has 2 aromatic rings. The van der Waals surface area contributed by atoms with Gasteiger partial charge in [0.05, 0.1) is 0 Å². The maximum atomic E-state index is 12.8. The molecule has 1 aliphatic rings. The molecule has 1 N–H and O–H groups in total. The van der Waals surface area contributed by atoms with Crippen molar-refractivity contribution in [1.29, 1.82) is 0 Å². The quantitative estimate of drug-likeness (QED) is 0.737. The van der Waals surface area contributed by atoms with Crippen LogP contribution >= 0.6 is 0 Å². The van der Waals surface area contributed by atoms with E-state index in [2.05, 4.69) is 5.32 Å². The summed E-state index contributed by atoms with van der Waals surface area (Å²) in [6.07, 6.45) is 2.99. The minimum absolute atomic E-state index is 0.0607. The molecule has 1 fully saturated rings. The van der Waals surface area contributed by atoms with Crippen LogP contribution in [0.4, 0.5) is 0 Å². The molecule has 1 aliphatic heterocycles. The van der Waals surface area contributed by atoms with Crippen molar-refractivity contribution in [2.24, 2.45) is 0 Å². The molecule has 0 aliphatic carbocycles. The van der Waals surface area contributed by atoms with E-state index in [9.17, 15) is 9.59 Å². The fourth-order valence-electron chi connectivity index (χ4n) is 3.37. The van der Waals surface area contributed by atoms with Crippen LogP contribution in [-0.4, -0.2) is 42.5 Å². The lowest BCUT2D eigenvalue weighted by molar-refractivity contribution is -0.147. The van der Waals surface area contributed by atoms with E-state index in [1.165, 1.54) is 5.57 Å². The summed E-state index contributed by atoms with van der Waals surface area (Å²) in [6, 6.07) is 16.4. The van der Waals surface area contributed by atoms with Crippen LogP contribution in [0.2, 0.25) is 0 Å². The molecule has 29 heavy (non-hydrogen) atoms. The second-order valence-electron chi connectivity index (χ2n) is 7.66. The Kier molecular flexibility index (Phi) is 6.70. The van der Waals surface area contributed by atoms with Gasteiger partial charge in [0.1, 0.15) is 24.4 Å². The molecular weight excluding hydrogens is 364 g/mol. The monoisotopic (exact) mass is 392 g/mol. The average molecular weight is 392 g/mol. The van der Waals surface area contributed by atoms with E-state index in [-0.39, 0.29) is 11.8 Å². The van der Waals surface area contributed by atoms with E-state index in [1.807, 2.05) is 74.5 Å². The van der Waals surface area contributed by atoms with Crippen LogP contribution in [0.1, 0.15) is 25.0 Å². The molecule has 0 aromatic heterocycles. The highest BCUT2D eigenvalue weighted by Crippen LogP contribution is 2.18. The van der Waals surface area contributed by atoms with E-state index < -0.39 is 12.1 Å². The van der Waals surface area contributed by atoms with Gasteiger partial charge >= 0.3 is 0 Å². The SMILES string of the molecule is CC(C)=CCOc1ccc(C[C@@H]2NC(=O)[C@H](Cc3ccccc3)N(C)C2=O)cc1. The zero-order valence-electron chi connectivity index (χ0n) is 17.2. The van der Waals surface area contributed by atoms with Crippen molar-refractivity contribution in [3.63, 3.8) is 0 Å². The molecule has 0 radical (unpaired) electrons. The fourth-order valence-corrected chi connectivity index (χ4v) is 3.37. The van der Waals surface area contributed by atoms with Gasteiger partial charge in [-0.2, -0.15) is 0 Å². The summed E-state index contributed by atoms with van der Waals surface area (Å²) in [5, 5.41) is 2.91. The second-order valence-corrected chi connectivity index (χ2v) is 7.66. The number of hydrogen-bond acceptors (Lipinski definition) is 3. The number of piperazine rings is 1. The summed E-state index contributed by atoms with van der Waals surface area (Å²) in [6.45, 7) is 4.60. The van der Waals surface area contributed by atoms with Gasteiger partial charge in [-0.25, -0.2) is 0 Å². The van der Waals surface area contributed by atoms with Crippen molar-refractivity contribution >= 4 is 11.8 Å². The second kappa shape index (κ2) is 9.41. The molecule has 3 rings (SSSR count). The summed E-state index contributed by atoms with van der Waals surface area (Å²) in [5.74, 6) is 0.613. The number of ether oxygens (including phenoxy) is 1. The summed E-state index contributed by atoms with van der Waals surface area (Å²) >= 11 is 0. The maximum absolute atomic E-state index is 12.8. The van der Waals surface area contributed by atoms with Gasteiger partial charge in [-0.15, -0.1) is 0 Å². The minimum atomic E-state index is -0.544. The molecule has 2 atom stereocenters. The van der Waals surface area contributed by atoms with E-state index in [0.29, 0.717) is 19.4 Å². The third-order valence-corrected chi connectivity index (χ3v) is 5.11. The summed E-state index contributed by atoms with van der Waals surface area (Å²) in [4.78, 5) is 27.1. The maximum Gasteiger partial charge on any atom is 0.245 e. The standard InChI is InChI=1S/C24H28N2O3/c1-17(2)13-14-29-20-11-9-19(10-12-20)15-21-24(28)26(3)22(23(27)25-21)16-18-7-5-4-6-8-18/h4-13,21-22H,14-16H2,1-3H3,(H,25,27)/t21-,22-/m0/s1. The van der Waals surface area contributed by atoms with Gasteiger partial charge in [0, 0.05) is 19.9 Å². The van der Waals surface area contributed by atoms with E-state index in [4.69, 9.17) is 4.74 Å². The van der Waals surface area contributed by atoms with Crippen LogP contribution in [0.3, 0.4) is 0 Å². The number of benzene rings is 2. The topological polar surface area (TPSA) is 58.6 Å². The van der Waals surface area contributed by atoms with Crippen molar-refractivity contribution < 1.29 is 14.3 Å². The van der Waals surface area contributed by atoms with Gasteiger partial charge in [-0.1, -0.05) is 48.0 Å². The molecule has 0 bridgehead atoms. The highest BCUT2D eigenvalue weighted by molar-refractivity contribution is 5.97. The normalized spacial score (nSPS) is 18.9. The van der Waals surface area contributed by atoms with Crippen LogP contribution in [0, 0.1) is 0 Å². The summed E-state index contributed by atoms with van der Waals surface area (Å²) in [7, 11) is 1.71. The molecule has 0 unspecified atom stereocenters. The van der Waals surface area contributed by atoms with Gasteiger partial charge in [-0.3, -0.25) is 9.59 Å². The van der Waals surface area contributed by atoms with Crippen molar-refractivity contribution in [3.05, 3.63) is 77.4 Å². The Labute approximate surface area is 172 Å². The Bertz CT molecular complexity index is 871. The van der Waals surface area contributed by atoms with Gasteiger partial charge < -0.3 is 15.0 Å². The molecule has 1 saturated heterocycles. The lowest BCUT2D eigenvalue weighted by Crippen LogP contribution is -2.63. The van der Waals surface area contributed by atoms with Crippen LogP contribution in [0.15, 0.2) is 66.2 Å². The average Bonchev–Trinajstić information content (AvgIpc) is 2.71. The van der Waals surface area contributed by atoms with Crippen molar-refractivity contribution in [2.75, 3.05) is 13.7 Å². The number of nitrogens with one attached hydrogen (secondary N) is 1.